The standard InChI is InChI=1S/C10H19N3O2S/c1-3-4-11-9-10-12-5-6-13(10)7-8-16(2,14)15/h5-6,11H,3-4,7-9H2,1-2H3. The molecule has 0 saturated carbocycles. The van der Waals surface area contributed by atoms with Gasteiger partial charge in [0.25, 0.3) is 0 Å². The van der Waals surface area contributed by atoms with Crippen LogP contribution in [0.2, 0.25) is 0 Å². The maximum atomic E-state index is 11.0. The van der Waals surface area contributed by atoms with Crippen LogP contribution in [-0.4, -0.2) is 36.5 Å². The van der Waals surface area contributed by atoms with E-state index in [2.05, 4.69) is 17.2 Å². The van der Waals surface area contributed by atoms with Crippen LogP contribution in [0.15, 0.2) is 12.4 Å². The number of aromatic nitrogens is 2. The van der Waals surface area contributed by atoms with Crippen molar-refractivity contribution in [3.8, 4) is 0 Å². The van der Waals surface area contributed by atoms with Crippen LogP contribution in [0, 0.1) is 0 Å². The molecule has 0 unspecified atom stereocenters. The van der Waals surface area contributed by atoms with Crippen LogP contribution in [0.5, 0.6) is 0 Å². The van der Waals surface area contributed by atoms with Gasteiger partial charge < -0.3 is 9.88 Å². The van der Waals surface area contributed by atoms with E-state index in [4.69, 9.17) is 0 Å². The highest BCUT2D eigenvalue weighted by Gasteiger charge is 2.06. The summed E-state index contributed by atoms with van der Waals surface area (Å²) in [7, 11) is -2.91. The minimum Gasteiger partial charge on any atom is -0.333 e. The first kappa shape index (κ1) is 13.2. The van der Waals surface area contributed by atoms with E-state index >= 15 is 0 Å². The van der Waals surface area contributed by atoms with E-state index in [0.29, 0.717) is 13.1 Å². The lowest BCUT2D eigenvalue weighted by Gasteiger charge is -2.07. The monoisotopic (exact) mass is 245 g/mol. The van der Waals surface area contributed by atoms with Gasteiger partial charge in [0, 0.05) is 25.2 Å². The van der Waals surface area contributed by atoms with Crippen molar-refractivity contribution < 1.29 is 8.42 Å². The Bertz CT molecular complexity index is 411. The zero-order valence-electron chi connectivity index (χ0n) is 9.81. The molecule has 5 nitrogen and oxygen atoms in total. The fourth-order valence-corrected chi connectivity index (χ4v) is 1.88. The summed E-state index contributed by atoms with van der Waals surface area (Å²) >= 11 is 0. The molecule has 0 atom stereocenters. The third-order valence-corrected chi connectivity index (χ3v) is 3.14. The Morgan fingerprint density at radius 3 is 2.88 bits per heavy atom. The number of hydrogen-bond acceptors (Lipinski definition) is 4. The fraction of sp³-hybridized carbons (Fsp3) is 0.700. The van der Waals surface area contributed by atoms with Crippen molar-refractivity contribution in [1.82, 2.24) is 14.9 Å². The molecule has 0 spiro atoms. The van der Waals surface area contributed by atoms with Crippen molar-refractivity contribution in [1.29, 1.82) is 0 Å². The number of imidazole rings is 1. The summed E-state index contributed by atoms with van der Waals surface area (Å²) in [5, 5.41) is 3.24. The van der Waals surface area contributed by atoms with Gasteiger partial charge in [0.2, 0.25) is 0 Å². The van der Waals surface area contributed by atoms with Gasteiger partial charge in [-0.2, -0.15) is 0 Å². The molecule has 6 heteroatoms. The SMILES string of the molecule is CCCNCc1nccn1CCS(C)(=O)=O. The van der Waals surface area contributed by atoms with E-state index in [-0.39, 0.29) is 5.75 Å². The van der Waals surface area contributed by atoms with Crippen molar-refractivity contribution in [2.24, 2.45) is 0 Å². The molecular formula is C10H19N3O2S. The maximum absolute atomic E-state index is 11.0. The van der Waals surface area contributed by atoms with Gasteiger partial charge in [-0.1, -0.05) is 6.92 Å². The number of sulfone groups is 1. The minimum absolute atomic E-state index is 0.157. The summed E-state index contributed by atoms with van der Waals surface area (Å²) in [6, 6.07) is 0. The molecule has 0 aliphatic carbocycles. The highest BCUT2D eigenvalue weighted by Crippen LogP contribution is 1.98. The quantitative estimate of drug-likeness (QED) is 0.707. The first-order valence-electron chi connectivity index (χ1n) is 5.41. The van der Waals surface area contributed by atoms with Crippen LogP contribution in [0.3, 0.4) is 0 Å². The van der Waals surface area contributed by atoms with Crippen LogP contribution in [0.1, 0.15) is 19.2 Å². The fourth-order valence-electron chi connectivity index (χ4n) is 1.35. The summed E-state index contributed by atoms with van der Waals surface area (Å²) in [5.74, 6) is 1.04. The molecule has 0 amide bonds. The molecule has 0 aliphatic heterocycles. The van der Waals surface area contributed by atoms with Gasteiger partial charge in [-0.15, -0.1) is 0 Å². The number of nitrogens with one attached hydrogen (secondary N) is 1. The van der Waals surface area contributed by atoms with Gasteiger partial charge in [-0.3, -0.25) is 0 Å². The molecule has 16 heavy (non-hydrogen) atoms. The summed E-state index contributed by atoms with van der Waals surface area (Å²) in [5.41, 5.74) is 0. The number of nitrogens with zero attached hydrogens (tertiary/aromatic N) is 2. The van der Waals surface area contributed by atoms with Gasteiger partial charge >= 0.3 is 0 Å². The second-order valence-electron chi connectivity index (χ2n) is 3.84. The average Bonchev–Trinajstić information content (AvgIpc) is 2.62. The van der Waals surface area contributed by atoms with E-state index in [1.54, 1.807) is 6.20 Å². The number of rotatable bonds is 7. The third-order valence-electron chi connectivity index (χ3n) is 2.21. The highest BCUT2D eigenvalue weighted by atomic mass is 32.2. The Kier molecular flexibility index (Phi) is 4.95. The van der Waals surface area contributed by atoms with E-state index in [1.165, 1.54) is 6.26 Å². The topological polar surface area (TPSA) is 64.0 Å². The number of aryl methyl sites for hydroxylation is 1. The Hall–Kier alpha value is -0.880. The third kappa shape index (κ3) is 4.76. The maximum Gasteiger partial charge on any atom is 0.149 e. The Labute approximate surface area is 96.8 Å². The van der Waals surface area contributed by atoms with E-state index in [0.717, 1.165) is 18.8 Å². The van der Waals surface area contributed by atoms with E-state index < -0.39 is 9.84 Å². The lowest BCUT2D eigenvalue weighted by Crippen LogP contribution is -2.19. The largest absolute Gasteiger partial charge is 0.333 e. The predicted molar refractivity (Wildman–Crippen MR) is 63.9 cm³/mol. The molecule has 1 rings (SSSR count). The lowest BCUT2D eigenvalue weighted by atomic mass is 10.4. The van der Waals surface area contributed by atoms with Crippen molar-refractivity contribution in [3.05, 3.63) is 18.2 Å². The molecule has 0 bridgehead atoms. The summed E-state index contributed by atoms with van der Waals surface area (Å²) in [4.78, 5) is 4.19. The normalized spacial score (nSPS) is 11.9. The Morgan fingerprint density at radius 1 is 1.50 bits per heavy atom. The lowest BCUT2D eigenvalue weighted by molar-refractivity contribution is 0.583. The van der Waals surface area contributed by atoms with Gasteiger partial charge in [-0.05, 0) is 13.0 Å². The molecular weight excluding hydrogens is 226 g/mol. The molecule has 0 radical (unpaired) electrons. The zero-order valence-corrected chi connectivity index (χ0v) is 10.6. The zero-order chi connectivity index (χ0) is 12.0. The Morgan fingerprint density at radius 2 is 2.25 bits per heavy atom. The van der Waals surface area contributed by atoms with Gasteiger partial charge in [-0.25, -0.2) is 13.4 Å². The van der Waals surface area contributed by atoms with Gasteiger partial charge in [0.1, 0.15) is 15.7 Å². The molecule has 92 valence electrons. The molecule has 0 aromatic carbocycles. The summed E-state index contributed by atoms with van der Waals surface area (Å²) < 4.78 is 24.0. The summed E-state index contributed by atoms with van der Waals surface area (Å²) in [6.45, 7) is 4.20. The van der Waals surface area contributed by atoms with Crippen LogP contribution < -0.4 is 5.32 Å². The van der Waals surface area contributed by atoms with Crippen molar-refractivity contribution in [2.45, 2.75) is 26.4 Å². The number of hydrogen-bond donors (Lipinski definition) is 1. The first-order chi connectivity index (χ1) is 7.53. The van der Waals surface area contributed by atoms with Gasteiger partial charge in [0.05, 0.1) is 12.3 Å². The second kappa shape index (κ2) is 6.00. The van der Waals surface area contributed by atoms with Crippen molar-refractivity contribution in [2.75, 3.05) is 18.6 Å². The van der Waals surface area contributed by atoms with Crippen molar-refractivity contribution in [3.63, 3.8) is 0 Å². The molecule has 0 saturated heterocycles. The molecule has 1 aromatic heterocycles. The van der Waals surface area contributed by atoms with E-state index in [9.17, 15) is 8.42 Å². The molecule has 0 fully saturated rings. The highest BCUT2D eigenvalue weighted by molar-refractivity contribution is 7.90. The van der Waals surface area contributed by atoms with Crippen LogP contribution in [-0.2, 0) is 22.9 Å². The summed E-state index contributed by atoms with van der Waals surface area (Å²) in [6.07, 6.45) is 5.84. The average molecular weight is 245 g/mol. The van der Waals surface area contributed by atoms with E-state index in [1.807, 2.05) is 10.8 Å². The molecule has 1 aromatic rings. The Balaban J connectivity index is 2.50. The molecule has 1 N–H and O–H groups in total. The van der Waals surface area contributed by atoms with Gasteiger partial charge in [0.15, 0.2) is 0 Å². The minimum atomic E-state index is -2.91. The van der Waals surface area contributed by atoms with Crippen LogP contribution in [0.4, 0.5) is 0 Å². The molecule has 1 heterocycles. The van der Waals surface area contributed by atoms with Crippen LogP contribution in [0.25, 0.3) is 0 Å². The molecule has 0 aliphatic rings. The predicted octanol–water partition coefficient (Wildman–Crippen LogP) is 0.427. The van der Waals surface area contributed by atoms with Crippen molar-refractivity contribution >= 4 is 9.84 Å². The van der Waals surface area contributed by atoms with Crippen LogP contribution >= 0.6 is 0 Å². The second-order valence-corrected chi connectivity index (χ2v) is 6.10. The first-order valence-corrected chi connectivity index (χ1v) is 7.47. The smallest absolute Gasteiger partial charge is 0.149 e.